The largest absolute Gasteiger partial charge is 0.297 e. The third kappa shape index (κ3) is 2.94. The summed E-state index contributed by atoms with van der Waals surface area (Å²) in [5.41, 5.74) is 5.95. The topological polar surface area (TPSA) is 43.4 Å². The second kappa shape index (κ2) is 5.86. The van der Waals surface area contributed by atoms with E-state index < -0.39 is 10.1 Å². The van der Waals surface area contributed by atoms with Crippen LogP contribution in [0, 0.1) is 13.8 Å². The van der Waals surface area contributed by atoms with Crippen molar-refractivity contribution < 1.29 is 12.6 Å². The maximum Gasteiger partial charge on any atom is 0.297 e. The van der Waals surface area contributed by atoms with E-state index in [1.54, 1.807) is 24.3 Å². The van der Waals surface area contributed by atoms with E-state index in [0.29, 0.717) is 0 Å². The molecule has 2 aromatic carbocycles. The zero-order valence-corrected chi connectivity index (χ0v) is 13.7. The summed E-state index contributed by atoms with van der Waals surface area (Å²) in [4.78, 5) is 0.210. The van der Waals surface area contributed by atoms with Crippen molar-refractivity contribution in [1.29, 1.82) is 0 Å². The van der Waals surface area contributed by atoms with E-state index in [-0.39, 0.29) is 11.5 Å². The Labute approximate surface area is 132 Å². The fourth-order valence-electron chi connectivity index (χ4n) is 3.01. The Morgan fingerprint density at radius 2 is 1.64 bits per heavy atom. The van der Waals surface area contributed by atoms with Gasteiger partial charge >= 0.3 is 0 Å². The Morgan fingerprint density at radius 3 is 2.36 bits per heavy atom. The van der Waals surface area contributed by atoms with Gasteiger partial charge in [-0.2, -0.15) is 8.42 Å². The summed E-state index contributed by atoms with van der Waals surface area (Å²) >= 11 is 0. The lowest BCUT2D eigenvalue weighted by molar-refractivity contribution is 0.307. The van der Waals surface area contributed by atoms with Gasteiger partial charge in [0, 0.05) is 0 Å². The van der Waals surface area contributed by atoms with Crippen LogP contribution in [0.25, 0.3) is 0 Å². The normalized spacial score (nSPS) is 14.1. The molecular formula is C18H20O3S. The standard InChI is InChI=1S/C18H20O3S/c1-13-6-10-16(11-7-13)22(19,20)21-12-15-9-8-14(2)17-4-3-5-18(15)17/h6-11H,3-5,12H2,1-2H3. The van der Waals surface area contributed by atoms with Crippen LogP contribution in [0.3, 0.4) is 0 Å². The van der Waals surface area contributed by atoms with Crippen LogP contribution in [-0.2, 0) is 33.7 Å². The van der Waals surface area contributed by atoms with Gasteiger partial charge in [0.05, 0.1) is 11.5 Å². The molecule has 3 rings (SSSR count). The lowest BCUT2D eigenvalue weighted by atomic mass is 9.99. The molecule has 0 radical (unpaired) electrons. The van der Waals surface area contributed by atoms with Crippen LogP contribution in [0.2, 0.25) is 0 Å². The highest BCUT2D eigenvalue weighted by Crippen LogP contribution is 2.29. The van der Waals surface area contributed by atoms with Crippen molar-refractivity contribution in [3.8, 4) is 0 Å². The average molecular weight is 316 g/mol. The lowest BCUT2D eigenvalue weighted by Gasteiger charge is -2.11. The second-order valence-electron chi connectivity index (χ2n) is 5.88. The van der Waals surface area contributed by atoms with Gasteiger partial charge in [-0.3, -0.25) is 4.18 Å². The predicted octanol–water partition coefficient (Wildman–Crippen LogP) is 3.70. The number of benzene rings is 2. The fourth-order valence-corrected chi connectivity index (χ4v) is 3.90. The quantitative estimate of drug-likeness (QED) is 0.808. The first-order valence-electron chi connectivity index (χ1n) is 7.54. The number of aryl methyl sites for hydroxylation is 2. The molecular weight excluding hydrogens is 296 g/mol. The van der Waals surface area contributed by atoms with E-state index >= 15 is 0 Å². The van der Waals surface area contributed by atoms with Gasteiger partial charge in [-0.15, -0.1) is 0 Å². The second-order valence-corrected chi connectivity index (χ2v) is 7.50. The third-order valence-electron chi connectivity index (χ3n) is 4.30. The minimum atomic E-state index is -3.70. The molecule has 1 aliphatic carbocycles. The Hall–Kier alpha value is -1.65. The first-order valence-corrected chi connectivity index (χ1v) is 8.94. The first-order chi connectivity index (χ1) is 10.5. The first kappa shape index (κ1) is 15.3. The highest BCUT2D eigenvalue weighted by molar-refractivity contribution is 7.86. The van der Waals surface area contributed by atoms with Crippen LogP contribution in [-0.4, -0.2) is 8.42 Å². The summed E-state index contributed by atoms with van der Waals surface area (Å²) in [6.07, 6.45) is 3.23. The van der Waals surface area contributed by atoms with Crippen molar-refractivity contribution in [3.05, 3.63) is 64.2 Å². The zero-order valence-electron chi connectivity index (χ0n) is 12.9. The molecule has 0 aliphatic heterocycles. The van der Waals surface area contributed by atoms with Gasteiger partial charge < -0.3 is 0 Å². The molecule has 0 saturated heterocycles. The molecule has 0 bridgehead atoms. The summed E-state index contributed by atoms with van der Waals surface area (Å²) in [5.74, 6) is 0. The molecule has 0 amide bonds. The molecule has 0 spiro atoms. The monoisotopic (exact) mass is 316 g/mol. The van der Waals surface area contributed by atoms with E-state index in [1.807, 2.05) is 13.0 Å². The summed E-state index contributed by atoms with van der Waals surface area (Å²) in [6.45, 7) is 4.14. The molecule has 0 fully saturated rings. The van der Waals surface area contributed by atoms with Crippen LogP contribution in [0.1, 0.15) is 34.2 Å². The van der Waals surface area contributed by atoms with Crippen LogP contribution in [0.15, 0.2) is 41.3 Å². The van der Waals surface area contributed by atoms with Crippen molar-refractivity contribution in [1.82, 2.24) is 0 Å². The molecule has 22 heavy (non-hydrogen) atoms. The van der Waals surface area contributed by atoms with Gasteiger partial charge in [0.1, 0.15) is 0 Å². The Bertz CT molecular complexity index is 790. The number of hydrogen-bond donors (Lipinski definition) is 0. The molecule has 0 unspecified atom stereocenters. The summed E-state index contributed by atoms with van der Waals surface area (Å²) in [6, 6.07) is 10.8. The minimum absolute atomic E-state index is 0.110. The predicted molar refractivity (Wildman–Crippen MR) is 86.4 cm³/mol. The van der Waals surface area contributed by atoms with Crippen molar-refractivity contribution in [2.75, 3.05) is 0 Å². The molecule has 116 valence electrons. The molecule has 4 heteroatoms. The minimum Gasteiger partial charge on any atom is -0.262 e. The fraction of sp³-hybridized carbons (Fsp3) is 0.333. The maximum absolute atomic E-state index is 12.3. The van der Waals surface area contributed by atoms with E-state index in [9.17, 15) is 8.42 Å². The highest BCUT2D eigenvalue weighted by atomic mass is 32.2. The van der Waals surface area contributed by atoms with Crippen molar-refractivity contribution in [2.45, 2.75) is 44.6 Å². The Morgan fingerprint density at radius 1 is 0.955 bits per heavy atom. The summed E-state index contributed by atoms with van der Waals surface area (Å²) < 4.78 is 29.8. The smallest absolute Gasteiger partial charge is 0.262 e. The Balaban J connectivity index is 1.81. The number of fused-ring (bicyclic) bond motifs is 1. The lowest BCUT2D eigenvalue weighted by Crippen LogP contribution is -2.08. The molecule has 0 atom stereocenters. The molecule has 0 N–H and O–H groups in total. The highest BCUT2D eigenvalue weighted by Gasteiger charge is 2.20. The van der Waals surface area contributed by atoms with Gasteiger partial charge in [0.2, 0.25) is 0 Å². The van der Waals surface area contributed by atoms with E-state index in [2.05, 4.69) is 13.0 Å². The number of rotatable bonds is 4. The van der Waals surface area contributed by atoms with Gasteiger partial charge in [-0.1, -0.05) is 29.8 Å². The molecule has 1 aliphatic rings. The number of hydrogen-bond acceptors (Lipinski definition) is 3. The molecule has 0 aromatic heterocycles. The molecule has 3 nitrogen and oxygen atoms in total. The molecule has 2 aromatic rings. The van der Waals surface area contributed by atoms with Crippen molar-refractivity contribution >= 4 is 10.1 Å². The average Bonchev–Trinajstić information content (AvgIpc) is 2.97. The van der Waals surface area contributed by atoms with Gasteiger partial charge in [0.15, 0.2) is 0 Å². The van der Waals surface area contributed by atoms with Crippen LogP contribution in [0.4, 0.5) is 0 Å². The molecule has 0 saturated carbocycles. The van der Waals surface area contributed by atoms with Crippen LogP contribution < -0.4 is 0 Å². The van der Waals surface area contributed by atoms with Crippen molar-refractivity contribution in [2.24, 2.45) is 0 Å². The maximum atomic E-state index is 12.3. The van der Waals surface area contributed by atoms with Gasteiger partial charge in [-0.25, -0.2) is 0 Å². The van der Waals surface area contributed by atoms with E-state index in [0.717, 1.165) is 30.4 Å². The SMILES string of the molecule is Cc1ccc(S(=O)(=O)OCc2ccc(C)c3c2CCC3)cc1. The van der Waals surface area contributed by atoms with Crippen molar-refractivity contribution in [3.63, 3.8) is 0 Å². The molecule has 0 heterocycles. The van der Waals surface area contributed by atoms with E-state index in [4.69, 9.17) is 4.18 Å². The zero-order chi connectivity index (χ0) is 15.7. The Kier molecular flexibility index (Phi) is 4.06. The van der Waals surface area contributed by atoms with Gasteiger partial charge in [-0.05, 0) is 67.5 Å². The van der Waals surface area contributed by atoms with Gasteiger partial charge in [0.25, 0.3) is 10.1 Å². The third-order valence-corrected chi connectivity index (χ3v) is 5.57. The summed E-state index contributed by atoms with van der Waals surface area (Å²) in [7, 11) is -3.70. The van der Waals surface area contributed by atoms with Crippen LogP contribution >= 0.6 is 0 Å². The van der Waals surface area contributed by atoms with Crippen LogP contribution in [0.5, 0.6) is 0 Å². The van der Waals surface area contributed by atoms with E-state index in [1.165, 1.54) is 16.7 Å². The summed E-state index contributed by atoms with van der Waals surface area (Å²) in [5, 5.41) is 0.